The van der Waals surface area contributed by atoms with Crippen molar-refractivity contribution < 1.29 is 9.53 Å². The first-order valence-corrected chi connectivity index (χ1v) is 7.14. The first-order chi connectivity index (χ1) is 10.6. The third-order valence-electron chi connectivity index (χ3n) is 3.98. The summed E-state index contributed by atoms with van der Waals surface area (Å²) in [4.78, 5) is 12.4. The van der Waals surface area contributed by atoms with Gasteiger partial charge in [0, 0.05) is 5.69 Å². The molecule has 9 heteroatoms. The van der Waals surface area contributed by atoms with Gasteiger partial charge in [-0.1, -0.05) is 12.8 Å². The zero-order valence-electron chi connectivity index (χ0n) is 12.7. The lowest BCUT2D eigenvalue weighted by Gasteiger charge is -2.22. The molecule has 124 valence electrons. The fraction of sp³-hybridized carbons (Fsp3) is 0.429. The van der Waals surface area contributed by atoms with Crippen molar-refractivity contribution in [2.75, 3.05) is 12.4 Å². The Morgan fingerprint density at radius 1 is 1.39 bits per heavy atom. The van der Waals surface area contributed by atoms with Gasteiger partial charge < -0.3 is 15.8 Å². The Balaban J connectivity index is 0.00000192. The number of nitrogens with two attached hydrogens (primary N) is 1. The minimum absolute atomic E-state index is 0. The largest absolute Gasteiger partial charge is 0.494 e. The van der Waals surface area contributed by atoms with E-state index >= 15 is 0 Å². The number of nitrogens with one attached hydrogen (secondary N) is 1. The molecule has 1 aromatic heterocycles. The molecule has 0 saturated heterocycles. The molecule has 1 fully saturated rings. The Hall–Kier alpha value is -2.19. The lowest BCUT2D eigenvalue weighted by atomic mass is 9.98. The molecule has 3 rings (SSSR count). The van der Waals surface area contributed by atoms with Gasteiger partial charge in [-0.15, -0.1) is 17.5 Å². The number of rotatable bonds is 4. The van der Waals surface area contributed by atoms with Crippen molar-refractivity contribution in [3.63, 3.8) is 0 Å². The van der Waals surface area contributed by atoms with Crippen molar-refractivity contribution in [2.45, 2.75) is 31.2 Å². The molecule has 1 saturated carbocycles. The standard InChI is InChI=1S/C14H18N6O2.ClH/c1-22-12-5-4-10(8-11(12)20-9-16-18-19-20)17-13(21)14(15)6-2-3-7-14;/h4-5,8-9H,2-3,6-7,15H2,1H3,(H,17,21);1H. The smallest absolute Gasteiger partial charge is 0.244 e. The van der Waals surface area contributed by atoms with E-state index in [1.807, 2.05) is 0 Å². The van der Waals surface area contributed by atoms with Gasteiger partial charge in [0.2, 0.25) is 5.91 Å². The number of benzene rings is 1. The summed E-state index contributed by atoms with van der Waals surface area (Å²) in [6.45, 7) is 0. The SMILES string of the molecule is COc1ccc(NC(=O)C2(N)CCCC2)cc1-n1cnnn1.Cl. The van der Waals surface area contributed by atoms with E-state index < -0.39 is 5.54 Å². The highest BCUT2D eigenvalue weighted by molar-refractivity contribution is 5.98. The van der Waals surface area contributed by atoms with E-state index in [0.29, 0.717) is 17.1 Å². The summed E-state index contributed by atoms with van der Waals surface area (Å²) in [5, 5.41) is 13.9. The third kappa shape index (κ3) is 3.43. The quantitative estimate of drug-likeness (QED) is 0.870. The Morgan fingerprint density at radius 2 is 2.13 bits per heavy atom. The van der Waals surface area contributed by atoms with Crippen molar-refractivity contribution >= 4 is 24.0 Å². The maximum Gasteiger partial charge on any atom is 0.244 e. The number of amides is 1. The van der Waals surface area contributed by atoms with E-state index in [1.165, 1.54) is 11.0 Å². The average molecular weight is 339 g/mol. The van der Waals surface area contributed by atoms with Crippen molar-refractivity contribution in [3.8, 4) is 11.4 Å². The van der Waals surface area contributed by atoms with Crippen LogP contribution in [0.15, 0.2) is 24.5 Å². The molecule has 23 heavy (non-hydrogen) atoms. The summed E-state index contributed by atoms with van der Waals surface area (Å²) in [7, 11) is 1.56. The Kier molecular flexibility index (Phi) is 5.17. The summed E-state index contributed by atoms with van der Waals surface area (Å²) in [6.07, 6.45) is 4.87. The fourth-order valence-electron chi connectivity index (χ4n) is 2.71. The van der Waals surface area contributed by atoms with Crippen LogP contribution >= 0.6 is 12.4 Å². The fourth-order valence-corrected chi connectivity index (χ4v) is 2.71. The van der Waals surface area contributed by atoms with E-state index in [4.69, 9.17) is 10.5 Å². The Labute approximate surface area is 139 Å². The number of nitrogens with zero attached hydrogens (tertiary/aromatic N) is 4. The summed E-state index contributed by atoms with van der Waals surface area (Å²) in [5.41, 5.74) is 6.67. The van der Waals surface area contributed by atoms with Crippen molar-refractivity contribution in [1.29, 1.82) is 0 Å². The van der Waals surface area contributed by atoms with Gasteiger partial charge in [-0.05, 0) is 41.5 Å². The molecule has 0 aliphatic heterocycles. The summed E-state index contributed by atoms with van der Waals surface area (Å²) in [6, 6.07) is 5.28. The molecule has 1 heterocycles. The zero-order valence-corrected chi connectivity index (χ0v) is 13.5. The lowest BCUT2D eigenvalue weighted by molar-refractivity contribution is -0.121. The highest BCUT2D eigenvalue weighted by Crippen LogP contribution is 2.30. The monoisotopic (exact) mass is 338 g/mol. The van der Waals surface area contributed by atoms with Crippen LogP contribution in [-0.4, -0.2) is 38.8 Å². The van der Waals surface area contributed by atoms with Gasteiger partial charge >= 0.3 is 0 Å². The number of methoxy groups -OCH3 is 1. The molecular weight excluding hydrogens is 320 g/mol. The van der Waals surface area contributed by atoms with Crippen LogP contribution in [0.5, 0.6) is 5.75 Å². The van der Waals surface area contributed by atoms with Gasteiger partial charge in [-0.25, -0.2) is 0 Å². The molecule has 0 atom stereocenters. The average Bonchev–Trinajstić information content (AvgIpc) is 3.19. The molecule has 0 unspecified atom stereocenters. The first kappa shape index (κ1) is 17.2. The second-order valence-electron chi connectivity index (χ2n) is 5.46. The minimum atomic E-state index is -0.769. The minimum Gasteiger partial charge on any atom is -0.494 e. The molecule has 0 spiro atoms. The summed E-state index contributed by atoms with van der Waals surface area (Å²) in [5.74, 6) is 0.450. The predicted molar refractivity (Wildman–Crippen MR) is 87.0 cm³/mol. The van der Waals surface area contributed by atoms with Crippen LogP contribution in [0.2, 0.25) is 0 Å². The molecule has 2 aromatic rings. The molecule has 1 amide bonds. The topological polar surface area (TPSA) is 108 Å². The van der Waals surface area contributed by atoms with Crippen LogP contribution in [0.25, 0.3) is 5.69 Å². The first-order valence-electron chi connectivity index (χ1n) is 7.14. The maximum atomic E-state index is 12.4. The van der Waals surface area contributed by atoms with Gasteiger partial charge in [0.15, 0.2) is 0 Å². The van der Waals surface area contributed by atoms with E-state index in [-0.39, 0.29) is 18.3 Å². The van der Waals surface area contributed by atoms with Gasteiger partial charge in [0.1, 0.15) is 17.8 Å². The van der Waals surface area contributed by atoms with E-state index in [2.05, 4.69) is 20.8 Å². The van der Waals surface area contributed by atoms with Crippen LogP contribution < -0.4 is 15.8 Å². The van der Waals surface area contributed by atoms with Crippen molar-refractivity contribution in [3.05, 3.63) is 24.5 Å². The van der Waals surface area contributed by atoms with Crippen molar-refractivity contribution in [2.24, 2.45) is 5.73 Å². The summed E-state index contributed by atoms with van der Waals surface area (Å²) < 4.78 is 6.77. The molecule has 8 nitrogen and oxygen atoms in total. The number of ether oxygens (including phenoxy) is 1. The number of hydrogen-bond acceptors (Lipinski definition) is 6. The van der Waals surface area contributed by atoms with E-state index in [9.17, 15) is 4.79 Å². The third-order valence-corrected chi connectivity index (χ3v) is 3.98. The van der Waals surface area contributed by atoms with Crippen LogP contribution in [0.1, 0.15) is 25.7 Å². The van der Waals surface area contributed by atoms with Crippen LogP contribution in [0.3, 0.4) is 0 Å². The number of anilines is 1. The second-order valence-corrected chi connectivity index (χ2v) is 5.46. The van der Waals surface area contributed by atoms with Crippen molar-refractivity contribution in [1.82, 2.24) is 20.2 Å². The maximum absolute atomic E-state index is 12.4. The summed E-state index contributed by atoms with van der Waals surface area (Å²) >= 11 is 0. The van der Waals surface area contributed by atoms with Crippen LogP contribution in [-0.2, 0) is 4.79 Å². The highest BCUT2D eigenvalue weighted by atomic mass is 35.5. The number of carbonyl (C=O) groups excluding carboxylic acids is 1. The van der Waals surface area contributed by atoms with Crippen LogP contribution in [0.4, 0.5) is 5.69 Å². The molecule has 3 N–H and O–H groups in total. The molecule has 1 aromatic carbocycles. The number of aromatic nitrogens is 4. The van der Waals surface area contributed by atoms with Gasteiger partial charge in [-0.2, -0.15) is 4.68 Å². The van der Waals surface area contributed by atoms with E-state index in [0.717, 1.165) is 25.7 Å². The molecule has 0 bridgehead atoms. The molecule has 0 radical (unpaired) electrons. The Bertz CT molecular complexity index is 670. The number of carbonyl (C=O) groups is 1. The zero-order chi connectivity index (χ0) is 15.6. The van der Waals surface area contributed by atoms with Crippen LogP contribution in [0, 0.1) is 0 Å². The highest BCUT2D eigenvalue weighted by Gasteiger charge is 2.37. The Morgan fingerprint density at radius 3 is 2.74 bits per heavy atom. The molecular formula is C14H19ClN6O2. The second kappa shape index (κ2) is 6.93. The number of hydrogen-bond donors (Lipinski definition) is 2. The number of tetrazole rings is 1. The molecule has 1 aliphatic carbocycles. The van der Waals surface area contributed by atoms with E-state index in [1.54, 1.807) is 25.3 Å². The predicted octanol–water partition coefficient (Wildman–Crippen LogP) is 1.30. The normalized spacial score (nSPS) is 15.7. The van der Waals surface area contributed by atoms with Gasteiger partial charge in [0.05, 0.1) is 12.6 Å². The lowest BCUT2D eigenvalue weighted by Crippen LogP contribution is -2.48. The number of halogens is 1. The van der Waals surface area contributed by atoms with Gasteiger partial charge in [-0.3, -0.25) is 4.79 Å². The molecule has 1 aliphatic rings. The van der Waals surface area contributed by atoms with Gasteiger partial charge in [0.25, 0.3) is 0 Å².